The van der Waals surface area contributed by atoms with E-state index in [0.29, 0.717) is 35.5 Å². The standard InChI is InChI=1S/C23H28ClN5O2.ClH/c1-15(25-2)22(30)27-21-11-10-20-19(26-21)14-28(13-16-6-3-4-7-16)23(31)29(20)18-9-5-8-17(24)12-18;/h5,8-12,15-16,25H,3-4,6-7,13-14H2,1-2H3,(H,26,27,30);1H. The zero-order valence-corrected chi connectivity index (χ0v) is 19.9. The lowest BCUT2D eigenvalue weighted by atomic mass is 10.1. The van der Waals surface area contributed by atoms with Gasteiger partial charge in [0.1, 0.15) is 5.82 Å². The molecule has 2 N–H and O–H groups in total. The van der Waals surface area contributed by atoms with E-state index in [2.05, 4.69) is 10.6 Å². The Morgan fingerprint density at radius 2 is 2.00 bits per heavy atom. The first-order valence-electron chi connectivity index (χ1n) is 10.8. The van der Waals surface area contributed by atoms with Crippen LogP contribution in [-0.2, 0) is 11.3 Å². The van der Waals surface area contributed by atoms with E-state index in [-0.39, 0.29) is 30.4 Å². The van der Waals surface area contributed by atoms with Gasteiger partial charge in [0, 0.05) is 11.6 Å². The number of urea groups is 1. The maximum absolute atomic E-state index is 13.5. The van der Waals surface area contributed by atoms with Crippen LogP contribution in [0.25, 0.3) is 0 Å². The third kappa shape index (κ3) is 5.17. The minimum Gasteiger partial charge on any atom is -0.318 e. The minimum absolute atomic E-state index is 0. The molecule has 1 aromatic carbocycles. The fourth-order valence-corrected chi connectivity index (χ4v) is 4.44. The molecule has 1 aliphatic carbocycles. The zero-order chi connectivity index (χ0) is 22.0. The number of carbonyl (C=O) groups is 2. The van der Waals surface area contributed by atoms with E-state index in [1.807, 2.05) is 23.1 Å². The van der Waals surface area contributed by atoms with Gasteiger partial charge < -0.3 is 15.5 Å². The minimum atomic E-state index is -0.332. The molecule has 0 radical (unpaired) electrons. The third-order valence-electron chi connectivity index (χ3n) is 6.09. The Balaban J connectivity index is 0.00000289. The number of benzene rings is 1. The predicted octanol–water partition coefficient (Wildman–Crippen LogP) is 4.97. The van der Waals surface area contributed by atoms with E-state index in [1.165, 1.54) is 12.8 Å². The summed E-state index contributed by atoms with van der Waals surface area (Å²) in [5.74, 6) is 0.842. The van der Waals surface area contributed by atoms with Gasteiger partial charge in [-0.3, -0.25) is 9.69 Å². The second-order valence-electron chi connectivity index (χ2n) is 8.29. The number of nitrogens with zero attached hydrogens (tertiary/aromatic N) is 3. The van der Waals surface area contributed by atoms with Crippen LogP contribution in [0, 0.1) is 5.92 Å². The van der Waals surface area contributed by atoms with Crippen LogP contribution in [0.2, 0.25) is 5.02 Å². The summed E-state index contributed by atoms with van der Waals surface area (Å²) in [5, 5.41) is 6.34. The molecule has 1 aromatic heterocycles. The molecular formula is C23H29Cl2N5O2. The molecule has 172 valence electrons. The van der Waals surface area contributed by atoms with Crippen molar-refractivity contribution >= 4 is 53.1 Å². The van der Waals surface area contributed by atoms with Gasteiger partial charge in [0.25, 0.3) is 0 Å². The SMILES string of the molecule is CNC(C)C(=O)Nc1ccc2c(n1)CN(CC1CCCC1)C(=O)N2c1cccc(Cl)c1.Cl. The maximum atomic E-state index is 13.5. The lowest BCUT2D eigenvalue weighted by Gasteiger charge is -2.37. The molecule has 0 spiro atoms. The van der Waals surface area contributed by atoms with Crippen molar-refractivity contribution in [2.45, 2.75) is 45.2 Å². The predicted molar refractivity (Wildman–Crippen MR) is 130 cm³/mol. The van der Waals surface area contributed by atoms with Gasteiger partial charge in [-0.25, -0.2) is 9.78 Å². The number of aromatic nitrogens is 1. The summed E-state index contributed by atoms with van der Waals surface area (Å²) in [6.07, 6.45) is 4.75. The van der Waals surface area contributed by atoms with Gasteiger partial charge in [0.15, 0.2) is 0 Å². The van der Waals surface area contributed by atoms with E-state index >= 15 is 0 Å². The molecule has 32 heavy (non-hydrogen) atoms. The maximum Gasteiger partial charge on any atom is 0.329 e. The first-order chi connectivity index (χ1) is 15.0. The first-order valence-corrected chi connectivity index (χ1v) is 11.2. The van der Waals surface area contributed by atoms with Crippen molar-refractivity contribution in [3.8, 4) is 0 Å². The Morgan fingerprint density at radius 3 is 2.69 bits per heavy atom. The summed E-state index contributed by atoms with van der Waals surface area (Å²) in [7, 11) is 1.74. The van der Waals surface area contributed by atoms with Gasteiger partial charge in [0.05, 0.1) is 29.7 Å². The fourth-order valence-electron chi connectivity index (χ4n) is 4.25. The number of hydrogen-bond acceptors (Lipinski definition) is 4. The van der Waals surface area contributed by atoms with Crippen LogP contribution < -0.4 is 15.5 Å². The van der Waals surface area contributed by atoms with Crippen molar-refractivity contribution < 1.29 is 9.59 Å². The molecule has 7 nitrogen and oxygen atoms in total. The Hall–Kier alpha value is -2.35. The number of carbonyl (C=O) groups excluding carboxylic acids is 2. The number of hydrogen-bond donors (Lipinski definition) is 2. The highest BCUT2D eigenvalue weighted by atomic mass is 35.5. The third-order valence-corrected chi connectivity index (χ3v) is 6.33. The number of fused-ring (bicyclic) bond motifs is 1. The van der Waals surface area contributed by atoms with E-state index in [0.717, 1.165) is 24.2 Å². The lowest BCUT2D eigenvalue weighted by Crippen LogP contribution is -2.46. The molecule has 2 aromatic rings. The highest BCUT2D eigenvalue weighted by Gasteiger charge is 2.34. The topological polar surface area (TPSA) is 77.6 Å². The van der Waals surface area contributed by atoms with Crippen LogP contribution in [0.15, 0.2) is 36.4 Å². The van der Waals surface area contributed by atoms with Gasteiger partial charge in [-0.05, 0) is 63.1 Å². The van der Waals surface area contributed by atoms with Crippen LogP contribution in [0.4, 0.5) is 22.0 Å². The van der Waals surface area contributed by atoms with Gasteiger partial charge in [0.2, 0.25) is 5.91 Å². The number of amides is 3. The van der Waals surface area contributed by atoms with Crippen molar-refractivity contribution in [2.24, 2.45) is 5.92 Å². The Kier molecular flexibility index (Phi) is 7.98. The number of halogens is 2. The molecule has 1 fully saturated rings. The molecule has 1 aliphatic heterocycles. The van der Waals surface area contributed by atoms with Crippen molar-refractivity contribution in [1.82, 2.24) is 15.2 Å². The zero-order valence-electron chi connectivity index (χ0n) is 18.3. The molecule has 1 unspecified atom stereocenters. The van der Waals surface area contributed by atoms with E-state index < -0.39 is 0 Å². The molecular weight excluding hydrogens is 449 g/mol. The van der Waals surface area contributed by atoms with Crippen molar-refractivity contribution in [2.75, 3.05) is 23.8 Å². The van der Waals surface area contributed by atoms with Crippen LogP contribution in [-0.4, -0.2) is 41.5 Å². The van der Waals surface area contributed by atoms with Crippen LogP contribution in [0.1, 0.15) is 38.3 Å². The second kappa shape index (κ2) is 10.5. The highest BCUT2D eigenvalue weighted by molar-refractivity contribution is 6.31. The molecule has 4 rings (SSSR count). The van der Waals surface area contributed by atoms with Crippen LogP contribution in [0.3, 0.4) is 0 Å². The van der Waals surface area contributed by atoms with E-state index in [9.17, 15) is 9.59 Å². The summed E-state index contributed by atoms with van der Waals surface area (Å²) >= 11 is 6.22. The lowest BCUT2D eigenvalue weighted by molar-refractivity contribution is -0.117. The Labute approximate surface area is 199 Å². The van der Waals surface area contributed by atoms with Gasteiger partial charge in [-0.1, -0.05) is 30.5 Å². The van der Waals surface area contributed by atoms with E-state index in [1.54, 1.807) is 37.1 Å². The Morgan fingerprint density at radius 1 is 1.25 bits per heavy atom. The van der Waals surface area contributed by atoms with E-state index in [4.69, 9.17) is 16.6 Å². The average Bonchev–Trinajstić information content (AvgIpc) is 3.27. The van der Waals surface area contributed by atoms with Crippen LogP contribution in [0.5, 0.6) is 0 Å². The summed E-state index contributed by atoms with van der Waals surface area (Å²) in [6.45, 7) is 2.92. The average molecular weight is 478 g/mol. The molecule has 0 saturated heterocycles. The summed E-state index contributed by atoms with van der Waals surface area (Å²) in [5.41, 5.74) is 2.18. The fraction of sp³-hybridized carbons (Fsp3) is 0.435. The number of rotatable bonds is 6. The molecule has 1 saturated carbocycles. The second-order valence-corrected chi connectivity index (χ2v) is 8.73. The molecule has 3 amide bonds. The Bertz CT molecular complexity index is 981. The summed E-state index contributed by atoms with van der Waals surface area (Å²) < 4.78 is 0. The highest BCUT2D eigenvalue weighted by Crippen LogP contribution is 2.37. The smallest absolute Gasteiger partial charge is 0.318 e. The monoisotopic (exact) mass is 477 g/mol. The number of anilines is 3. The number of pyridine rings is 1. The van der Waals surface area contributed by atoms with Crippen LogP contribution >= 0.6 is 24.0 Å². The molecule has 9 heteroatoms. The molecule has 2 aliphatic rings. The molecule has 0 bridgehead atoms. The molecule has 2 heterocycles. The van der Waals surface area contributed by atoms with Gasteiger partial charge >= 0.3 is 6.03 Å². The number of nitrogens with one attached hydrogen (secondary N) is 2. The van der Waals surface area contributed by atoms with Gasteiger partial charge in [-0.15, -0.1) is 12.4 Å². The molecule has 1 atom stereocenters. The quantitative estimate of drug-likeness (QED) is 0.615. The largest absolute Gasteiger partial charge is 0.329 e. The first kappa shape index (κ1) is 24.3. The summed E-state index contributed by atoms with van der Waals surface area (Å²) in [6, 6.07) is 10.5. The summed E-state index contributed by atoms with van der Waals surface area (Å²) in [4.78, 5) is 34.0. The van der Waals surface area contributed by atoms with Crippen molar-refractivity contribution in [3.05, 3.63) is 47.1 Å². The van der Waals surface area contributed by atoms with Crippen molar-refractivity contribution in [3.63, 3.8) is 0 Å². The number of likely N-dealkylation sites (N-methyl/N-ethyl adjacent to an activating group) is 1. The van der Waals surface area contributed by atoms with Crippen molar-refractivity contribution in [1.29, 1.82) is 0 Å². The normalized spacial score (nSPS) is 17.0. The van der Waals surface area contributed by atoms with Gasteiger partial charge in [-0.2, -0.15) is 0 Å².